The fraction of sp³-hybridized carbons (Fsp3) is 0.176. The summed E-state index contributed by atoms with van der Waals surface area (Å²) in [6.07, 6.45) is 0. The number of carbonyl (C=O) groups excluding carboxylic acids is 1. The van der Waals surface area contributed by atoms with Gasteiger partial charge in [-0.15, -0.1) is 0 Å². The summed E-state index contributed by atoms with van der Waals surface area (Å²) in [5, 5.41) is 16.4. The van der Waals surface area contributed by atoms with Crippen molar-refractivity contribution in [3.8, 4) is 5.75 Å². The van der Waals surface area contributed by atoms with Crippen molar-refractivity contribution in [1.29, 1.82) is 0 Å². The van der Waals surface area contributed by atoms with Crippen molar-refractivity contribution in [3.05, 3.63) is 63.7 Å². The summed E-state index contributed by atoms with van der Waals surface area (Å²) in [4.78, 5) is 22.6. The minimum Gasteiger partial charge on any atom is -0.494 e. The summed E-state index contributed by atoms with van der Waals surface area (Å²) < 4.78 is 5.34. The number of carbonyl (C=O) groups is 1. The molecule has 0 radical (unpaired) electrons. The first kappa shape index (κ1) is 18.3. The normalized spacial score (nSPS) is 10.0. The van der Waals surface area contributed by atoms with E-state index in [9.17, 15) is 14.9 Å². The van der Waals surface area contributed by atoms with Crippen LogP contribution in [-0.2, 0) is 0 Å². The molecule has 0 heterocycles. The van der Waals surface area contributed by atoms with Gasteiger partial charge < -0.3 is 10.1 Å². The van der Waals surface area contributed by atoms with E-state index in [1.54, 1.807) is 31.2 Å². The molecule has 0 fully saturated rings. The minimum absolute atomic E-state index is 0.0948. The number of benzene rings is 2. The predicted octanol–water partition coefficient (Wildman–Crippen LogP) is 3.43. The van der Waals surface area contributed by atoms with Gasteiger partial charge in [0.25, 0.3) is 11.6 Å². The Balaban J connectivity index is 2.01. The van der Waals surface area contributed by atoms with Crippen molar-refractivity contribution < 1.29 is 14.5 Å². The van der Waals surface area contributed by atoms with E-state index < -0.39 is 10.8 Å². The quantitative estimate of drug-likeness (QED) is 0.483. The van der Waals surface area contributed by atoms with Gasteiger partial charge in [0.15, 0.2) is 5.11 Å². The zero-order chi connectivity index (χ0) is 18.4. The van der Waals surface area contributed by atoms with Gasteiger partial charge in [0, 0.05) is 22.9 Å². The summed E-state index contributed by atoms with van der Waals surface area (Å²) in [6, 6.07) is 11.3. The number of thiocarbonyl (C=S) groups is 1. The topological polar surface area (TPSA) is 93.5 Å². The molecule has 0 bridgehead atoms. The molecule has 2 rings (SSSR count). The summed E-state index contributed by atoms with van der Waals surface area (Å²) in [7, 11) is 0. The number of amides is 1. The molecule has 0 saturated heterocycles. The molecule has 0 aromatic heterocycles. The van der Waals surface area contributed by atoms with Crippen LogP contribution in [-0.4, -0.2) is 22.5 Å². The molecular formula is C17H17N3O4S. The number of rotatable bonds is 5. The molecule has 25 heavy (non-hydrogen) atoms. The van der Waals surface area contributed by atoms with Gasteiger partial charge in [-0.25, -0.2) is 0 Å². The largest absolute Gasteiger partial charge is 0.494 e. The highest BCUT2D eigenvalue weighted by molar-refractivity contribution is 7.80. The van der Waals surface area contributed by atoms with Crippen LogP contribution >= 0.6 is 12.2 Å². The highest BCUT2D eigenvalue weighted by Crippen LogP contribution is 2.19. The lowest BCUT2D eigenvalue weighted by Gasteiger charge is -2.10. The molecule has 130 valence electrons. The van der Waals surface area contributed by atoms with E-state index >= 15 is 0 Å². The van der Waals surface area contributed by atoms with Crippen LogP contribution in [0.3, 0.4) is 0 Å². The average Bonchev–Trinajstić information content (AvgIpc) is 2.56. The molecular weight excluding hydrogens is 342 g/mol. The fourth-order valence-electron chi connectivity index (χ4n) is 2.09. The van der Waals surface area contributed by atoms with Crippen molar-refractivity contribution in [1.82, 2.24) is 5.32 Å². The Bertz CT molecular complexity index is 806. The summed E-state index contributed by atoms with van der Waals surface area (Å²) in [6.45, 7) is 4.08. The highest BCUT2D eigenvalue weighted by atomic mass is 32.1. The Morgan fingerprint density at radius 3 is 2.52 bits per heavy atom. The number of hydrogen-bond acceptors (Lipinski definition) is 5. The Labute approximate surface area is 150 Å². The van der Waals surface area contributed by atoms with Crippen molar-refractivity contribution in [2.24, 2.45) is 0 Å². The first-order valence-electron chi connectivity index (χ1n) is 7.51. The number of nitro benzene ring substituents is 1. The van der Waals surface area contributed by atoms with E-state index in [1.807, 2.05) is 6.92 Å². The van der Waals surface area contributed by atoms with Crippen molar-refractivity contribution in [2.45, 2.75) is 13.8 Å². The molecule has 0 atom stereocenters. The first-order valence-corrected chi connectivity index (χ1v) is 7.91. The molecule has 0 aliphatic carbocycles. The summed E-state index contributed by atoms with van der Waals surface area (Å²) in [5.41, 5.74) is 1.21. The maximum Gasteiger partial charge on any atom is 0.273 e. The van der Waals surface area contributed by atoms with E-state index in [4.69, 9.17) is 17.0 Å². The Morgan fingerprint density at radius 2 is 1.92 bits per heavy atom. The molecule has 2 aromatic carbocycles. The molecule has 0 aliphatic rings. The van der Waals surface area contributed by atoms with Gasteiger partial charge in [0.1, 0.15) is 5.75 Å². The van der Waals surface area contributed by atoms with Gasteiger partial charge >= 0.3 is 0 Å². The second-order valence-corrected chi connectivity index (χ2v) is 5.53. The lowest BCUT2D eigenvalue weighted by atomic mass is 10.1. The molecule has 0 unspecified atom stereocenters. The van der Waals surface area contributed by atoms with E-state index in [0.29, 0.717) is 17.9 Å². The number of hydrogen-bond donors (Lipinski definition) is 2. The lowest BCUT2D eigenvalue weighted by Crippen LogP contribution is -2.34. The zero-order valence-corrected chi connectivity index (χ0v) is 14.6. The van der Waals surface area contributed by atoms with E-state index in [2.05, 4.69) is 10.6 Å². The smallest absolute Gasteiger partial charge is 0.273 e. The maximum absolute atomic E-state index is 12.2. The van der Waals surface area contributed by atoms with Crippen LogP contribution in [0.1, 0.15) is 22.8 Å². The molecule has 0 saturated carbocycles. The van der Waals surface area contributed by atoms with Crippen LogP contribution < -0.4 is 15.4 Å². The van der Waals surface area contributed by atoms with Crippen LogP contribution in [0.4, 0.5) is 11.4 Å². The van der Waals surface area contributed by atoms with Crippen molar-refractivity contribution >= 4 is 34.6 Å². The second-order valence-electron chi connectivity index (χ2n) is 5.12. The molecule has 8 heteroatoms. The molecule has 1 amide bonds. The van der Waals surface area contributed by atoms with Crippen molar-refractivity contribution in [2.75, 3.05) is 11.9 Å². The number of ether oxygens (including phenoxy) is 1. The second kappa shape index (κ2) is 8.20. The third-order valence-corrected chi connectivity index (χ3v) is 3.52. The molecule has 7 nitrogen and oxygen atoms in total. The van der Waals surface area contributed by atoms with Gasteiger partial charge in [-0.2, -0.15) is 0 Å². The lowest BCUT2D eigenvalue weighted by molar-refractivity contribution is -0.385. The number of nitrogens with zero attached hydrogens (tertiary/aromatic N) is 1. The Kier molecular flexibility index (Phi) is 6.02. The van der Waals surface area contributed by atoms with Crippen LogP contribution in [0, 0.1) is 17.0 Å². The van der Waals surface area contributed by atoms with Crippen molar-refractivity contribution in [3.63, 3.8) is 0 Å². The standard InChI is InChI=1S/C17H17N3O4S/c1-3-24-14-8-6-13(7-9-14)18-17(25)19-16(21)12-5-4-11(2)15(10-12)20(22)23/h4-10H,3H2,1-2H3,(H2,18,19,21,25). The molecule has 2 N–H and O–H groups in total. The highest BCUT2D eigenvalue weighted by Gasteiger charge is 2.15. The molecule has 0 spiro atoms. The number of anilines is 1. The third-order valence-electron chi connectivity index (χ3n) is 3.32. The van der Waals surface area contributed by atoms with Crippen LogP contribution in [0.15, 0.2) is 42.5 Å². The van der Waals surface area contributed by atoms with E-state index in [0.717, 1.165) is 5.75 Å². The van der Waals surface area contributed by atoms with Crippen LogP contribution in [0.2, 0.25) is 0 Å². The summed E-state index contributed by atoms with van der Waals surface area (Å²) in [5.74, 6) is 0.210. The predicted molar refractivity (Wildman–Crippen MR) is 99.1 cm³/mol. The van der Waals surface area contributed by atoms with Gasteiger partial charge in [-0.3, -0.25) is 20.2 Å². The number of nitrogens with one attached hydrogen (secondary N) is 2. The van der Waals surface area contributed by atoms with E-state index in [1.165, 1.54) is 18.2 Å². The summed E-state index contributed by atoms with van der Waals surface area (Å²) >= 11 is 5.10. The number of nitro groups is 1. The van der Waals surface area contributed by atoms with Gasteiger partial charge in [-0.1, -0.05) is 6.07 Å². The molecule has 2 aromatic rings. The maximum atomic E-state index is 12.2. The zero-order valence-electron chi connectivity index (χ0n) is 13.7. The van der Waals surface area contributed by atoms with Gasteiger partial charge in [-0.05, 0) is 56.4 Å². The van der Waals surface area contributed by atoms with Crippen LogP contribution in [0.25, 0.3) is 0 Å². The van der Waals surface area contributed by atoms with E-state index in [-0.39, 0.29) is 16.4 Å². The molecule has 0 aliphatic heterocycles. The van der Waals surface area contributed by atoms with Crippen LogP contribution in [0.5, 0.6) is 5.75 Å². The minimum atomic E-state index is -0.525. The Hall–Kier alpha value is -3.00. The SMILES string of the molecule is CCOc1ccc(NC(=S)NC(=O)c2ccc(C)c([N+](=O)[O-])c2)cc1. The third kappa shape index (κ3) is 4.98. The number of aryl methyl sites for hydroxylation is 1. The fourth-order valence-corrected chi connectivity index (χ4v) is 2.30. The monoisotopic (exact) mass is 359 g/mol. The first-order chi connectivity index (χ1) is 11.9. The van der Waals surface area contributed by atoms with Gasteiger partial charge in [0.05, 0.1) is 11.5 Å². The Morgan fingerprint density at radius 1 is 1.24 bits per heavy atom. The van der Waals surface area contributed by atoms with Gasteiger partial charge in [0.2, 0.25) is 0 Å². The average molecular weight is 359 g/mol.